The summed E-state index contributed by atoms with van der Waals surface area (Å²) in [5, 5.41) is 22.7. The molecule has 26 heavy (non-hydrogen) atoms. The second-order valence-corrected chi connectivity index (χ2v) is 6.72. The topological polar surface area (TPSA) is 99.8 Å². The molecule has 1 heterocycles. The van der Waals surface area contributed by atoms with E-state index in [-0.39, 0.29) is 35.0 Å². The zero-order chi connectivity index (χ0) is 18.7. The van der Waals surface area contributed by atoms with Crippen LogP contribution in [-0.4, -0.2) is 22.7 Å². The van der Waals surface area contributed by atoms with Crippen LogP contribution in [0.5, 0.6) is 11.5 Å². The van der Waals surface area contributed by atoms with Crippen LogP contribution in [-0.2, 0) is 11.2 Å². The minimum atomic E-state index is -0.634. The van der Waals surface area contributed by atoms with E-state index in [4.69, 9.17) is 4.42 Å². The zero-order valence-corrected chi connectivity index (χ0v) is 14.8. The molecule has 3 N–H and O–H groups in total. The first-order chi connectivity index (χ1) is 12.5. The molecule has 1 aromatic carbocycles. The van der Waals surface area contributed by atoms with Crippen molar-refractivity contribution in [2.75, 3.05) is 6.54 Å². The van der Waals surface area contributed by atoms with Crippen LogP contribution in [0.3, 0.4) is 0 Å². The van der Waals surface area contributed by atoms with E-state index < -0.39 is 5.63 Å². The highest BCUT2D eigenvalue weighted by atomic mass is 16.4. The van der Waals surface area contributed by atoms with Crippen LogP contribution in [0.2, 0.25) is 0 Å². The van der Waals surface area contributed by atoms with E-state index in [9.17, 15) is 19.8 Å². The van der Waals surface area contributed by atoms with Gasteiger partial charge in [-0.3, -0.25) is 4.79 Å². The third-order valence-corrected chi connectivity index (χ3v) is 4.83. The van der Waals surface area contributed by atoms with E-state index in [1.807, 2.05) is 0 Å². The average Bonchev–Trinajstić information content (AvgIpc) is 2.58. The molecule has 0 unspecified atom stereocenters. The number of phenols is 2. The maximum atomic E-state index is 12.2. The summed E-state index contributed by atoms with van der Waals surface area (Å²) in [5.74, 6) is -0.637. The van der Waals surface area contributed by atoms with Gasteiger partial charge >= 0.3 is 5.63 Å². The Hall–Kier alpha value is -2.76. The number of allylic oxidation sites excluding steroid dienone is 1. The number of carbonyl (C=O) groups excluding carboxylic acids is 1. The summed E-state index contributed by atoms with van der Waals surface area (Å²) in [6.07, 6.45) is 7.61. The van der Waals surface area contributed by atoms with Gasteiger partial charge in [0.15, 0.2) is 0 Å². The second-order valence-electron chi connectivity index (χ2n) is 6.72. The van der Waals surface area contributed by atoms with Gasteiger partial charge in [0, 0.05) is 18.7 Å². The van der Waals surface area contributed by atoms with Crippen molar-refractivity contribution in [3.05, 3.63) is 45.3 Å². The molecule has 0 saturated carbocycles. The highest BCUT2D eigenvalue weighted by Crippen LogP contribution is 2.32. The predicted molar refractivity (Wildman–Crippen MR) is 98.4 cm³/mol. The van der Waals surface area contributed by atoms with Gasteiger partial charge in [-0.05, 0) is 44.6 Å². The molecule has 1 aliphatic carbocycles. The Bertz CT molecular complexity index is 926. The van der Waals surface area contributed by atoms with Crippen LogP contribution in [0.15, 0.2) is 33.0 Å². The average molecular weight is 357 g/mol. The number of aryl methyl sites for hydroxylation is 1. The molecule has 3 rings (SSSR count). The molecule has 2 aromatic rings. The SMILES string of the molecule is Cc1c(CC(=O)NCCC2=CCCCC2)c(=O)oc2cc(O)cc(O)c12. The Morgan fingerprint density at radius 3 is 2.81 bits per heavy atom. The fourth-order valence-corrected chi connectivity index (χ4v) is 3.43. The highest BCUT2D eigenvalue weighted by molar-refractivity contribution is 5.89. The van der Waals surface area contributed by atoms with Gasteiger partial charge in [-0.25, -0.2) is 4.79 Å². The molecule has 1 aromatic heterocycles. The van der Waals surface area contributed by atoms with Gasteiger partial charge in [-0.15, -0.1) is 0 Å². The molecule has 6 nitrogen and oxygen atoms in total. The third-order valence-electron chi connectivity index (χ3n) is 4.83. The van der Waals surface area contributed by atoms with Crippen LogP contribution in [0.1, 0.15) is 43.2 Å². The third kappa shape index (κ3) is 3.90. The Kier molecular flexibility index (Phi) is 5.30. The van der Waals surface area contributed by atoms with Gasteiger partial charge in [0.2, 0.25) is 5.91 Å². The fraction of sp³-hybridized carbons (Fsp3) is 0.400. The summed E-state index contributed by atoms with van der Waals surface area (Å²) >= 11 is 0. The fourth-order valence-electron chi connectivity index (χ4n) is 3.43. The number of fused-ring (bicyclic) bond motifs is 1. The molecular weight excluding hydrogens is 334 g/mol. The Labute approximate surface area is 151 Å². The van der Waals surface area contributed by atoms with E-state index in [0.717, 1.165) is 19.3 Å². The second kappa shape index (κ2) is 7.64. The normalized spacial score (nSPS) is 14.3. The Morgan fingerprint density at radius 1 is 1.27 bits per heavy atom. The summed E-state index contributed by atoms with van der Waals surface area (Å²) in [6.45, 7) is 2.20. The number of benzene rings is 1. The molecule has 1 amide bonds. The van der Waals surface area contributed by atoms with Crippen LogP contribution in [0.4, 0.5) is 0 Å². The van der Waals surface area contributed by atoms with Crippen LogP contribution in [0.25, 0.3) is 11.0 Å². The molecule has 138 valence electrons. The first-order valence-electron chi connectivity index (χ1n) is 8.88. The molecule has 0 saturated heterocycles. The number of hydrogen-bond acceptors (Lipinski definition) is 5. The van der Waals surface area contributed by atoms with Crippen LogP contribution < -0.4 is 10.9 Å². The van der Waals surface area contributed by atoms with E-state index in [1.54, 1.807) is 6.92 Å². The smallest absolute Gasteiger partial charge is 0.340 e. The number of nitrogens with one attached hydrogen (secondary N) is 1. The first kappa shape index (κ1) is 18.0. The van der Waals surface area contributed by atoms with Gasteiger partial charge in [0.1, 0.15) is 17.1 Å². The minimum absolute atomic E-state index is 0.0957. The van der Waals surface area contributed by atoms with Crippen molar-refractivity contribution in [3.63, 3.8) is 0 Å². The van der Waals surface area contributed by atoms with Crippen molar-refractivity contribution in [1.29, 1.82) is 0 Å². The maximum Gasteiger partial charge on any atom is 0.340 e. The van der Waals surface area contributed by atoms with E-state index >= 15 is 0 Å². The van der Waals surface area contributed by atoms with Crippen molar-refractivity contribution in [3.8, 4) is 11.5 Å². The summed E-state index contributed by atoms with van der Waals surface area (Å²) in [4.78, 5) is 24.4. The van der Waals surface area contributed by atoms with Crippen molar-refractivity contribution in [1.82, 2.24) is 5.32 Å². The van der Waals surface area contributed by atoms with Gasteiger partial charge in [0.25, 0.3) is 0 Å². The number of amides is 1. The zero-order valence-electron chi connectivity index (χ0n) is 14.8. The molecule has 6 heteroatoms. The van der Waals surface area contributed by atoms with Crippen molar-refractivity contribution in [2.24, 2.45) is 0 Å². The van der Waals surface area contributed by atoms with Crippen LogP contribution >= 0.6 is 0 Å². The monoisotopic (exact) mass is 357 g/mol. The molecular formula is C20H23NO5. The van der Waals surface area contributed by atoms with Crippen molar-refractivity contribution < 1.29 is 19.4 Å². The molecule has 0 aliphatic heterocycles. The lowest BCUT2D eigenvalue weighted by Crippen LogP contribution is -2.29. The number of aromatic hydroxyl groups is 2. The van der Waals surface area contributed by atoms with E-state index in [2.05, 4.69) is 11.4 Å². The number of rotatable bonds is 5. The summed E-state index contributed by atoms with van der Waals surface area (Å²) < 4.78 is 5.17. The maximum absolute atomic E-state index is 12.2. The minimum Gasteiger partial charge on any atom is -0.508 e. The molecule has 1 aliphatic rings. The van der Waals surface area contributed by atoms with Gasteiger partial charge < -0.3 is 19.9 Å². The standard InChI is InChI=1S/C20H23NO5/c1-12-15(11-18(24)21-8-7-13-5-3-2-4-6-13)20(25)26-17-10-14(22)9-16(23)19(12)17/h5,9-10,22-23H,2-4,6-8,11H2,1H3,(H,21,24). The Balaban J connectivity index is 1.72. The van der Waals surface area contributed by atoms with Gasteiger partial charge in [0.05, 0.1) is 17.4 Å². The summed E-state index contributed by atoms with van der Waals surface area (Å²) in [6, 6.07) is 2.45. The lowest BCUT2D eigenvalue weighted by atomic mass is 9.97. The lowest BCUT2D eigenvalue weighted by molar-refractivity contribution is -0.120. The molecule has 0 fully saturated rings. The predicted octanol–water partition coefficient (Wildman–Crippen LogP) is 3.06. The van der Waals surface area contributed by atoms with Crippen molar-refractivity contribution in [2.45, 2.75) is 45.4 Å². The van der Waals surface area contributed by atoms with Gasteiger partial charge in [-0.1, -0.05) is 11.6 Å². The Morgan fingerprint density at radius 2 is 2.08 bits per heavy atom. The molecule has 0 bridgehead atoms. The lowest BCUT2D eigenvalue weighted by Gasteiger charge is -2.13. The number of phenolic OH excluding ortho intramolecular Hbond substituents is 2. The van der Waals surface area contributed by atoms with E-state index in [1.165, 1.54) is 30.5 Å². The molecule has 0 radical (unpaired) electrons. The quantitative estimate of drug-likeness (QED) is 0.564. The first-order valence-corrected chi connectivity index (χ1v) is 8.88. The summed E-state index contributed by atoms with van der Waals surface area (Å²) in [7, 11) is 0. The van der Waals surface area contributed by atoms with E-state index in [0.29, 0.717) is 17.5 Å². The summed E-state index contributed by atoms with van der Waals surface area (Å²) in [5.41, 5.74) is 1.54. The number of carbonyl (C=O) groups is 1. The van der Waals surface area contributed by atoms with Gasteiger partial charge in [-0.2, -0.15) is 0 Å². The molecule has 0 atom stereocenters. The highest BCUT2D eigenvalue weighted by Gasteiger charge is 2.17. The molecule has 0 spiro atoms. The van der Waals surface area contributed by atoms with Crippen molar-refractivity contribution >= 4 is 16.9 Å². The number of hydrogen-bond donors (Lipinski definition) is 3. The van der Waals surface area contributed by atoms with Crippen LogP contribution in [0, 0.1) is 6.92 Å². The largest absolute Gasteiger partial charge is 0.508 e.